The van der Waals surface area contributed by atoms with E-state index in [9.17, 15) is 14.4 Å². The van der Waals surface area contributed by atoms with E-state index in [0.717, 1.165) is 11.1 Å². The quantitative estimate of drug-likeness (QED) is 0.830. The van der Waals surface area contributed by atoms with Gasteiger partial charge in [0.25, 0.3) is 5.91 Å². The number of nitrogens with one attached hydrogen (secondary N) is 2. The van der Waals surface area contributed by atoms with Crippen molar-refractivity contribution in [3.8, 4) is 0 Å². The van der Waals surface area contributed by atoms with Crippen LogP contribution in [0.5, 0.6) is 0 Å². The van der Waals surface area contributed by atoms with Gasteiger partial charge in [-0.15, -0.1) is 11.3 Å². The summed E-state index contributed by atoms with van der Waals surface area (Å²) >= 11 is 1.29. The van der Waals surface area contributed by atoms with Gasteiger partial charge in [0, 0.05) is 13.1 Å². The molecule has 25 heavy (non-hydrogen) atoms. The molecule has 0 radical (unpaired) electrons. The van der Waals surface area contributed by atoms with Gasteiger partial charge < -0.3 is 4.90 Å². The summed E-state index contributed by atoms with van der Waals surface area (Å²) in [5, 5.41) is 1.78. The topological polar surface area (TPSA) is 78.5 Å². The molecule has 2 N–H and O–H groups in total. The van der Waals surface area contributed by atoms with Gasteiger partial charge >= 0.3 is 0 Å². The predicted molar refractivity (Wildman–Crippen MR) is 95.3 cm³/mol. The number of hydrogen-bond acceptors (Lipinski definition) is 4. The van der Waals surface area contributed by atoms with Crippen molar-refractivity contribution in [1.82, 2.24) is 15.8 Å². The molecule has 2 aromatic rings. The largest absolute Gasteiger partial charge is 0.311 e. The lowest BCUT2D eigenvalue weighted by Crippen LogP contribution is -2.43. The molecule has 7 heteroatoms. The van der Waals surface area contributed by atoms with Gasteiger partial charge in [0.15, 0.2) is 0 Å². The normalized spacial score (nSPS) is 15.4. The van der Waals surface area contributed by atoms with Crippen molar-refractivity contribution in [2.45, 2.75) is 19.4 Å². The Bertz CT molecular complexity index is 830. The van der Waals surface area contributed by atoms with Crippen LogP contribution in [0.25, 0.3) is 6.08 Å². The zero-order chi connectivity index (χ0) is 17.8. The number of amides is 3. The van der Waals surface area contributed by atoms with Crippen LogP contribution in [0.3, 0.4) is 0 Å². The number of rotatable bonds is 3. The van der Waals surface area contributed by atoms with E-state index in [4.69, 9.17) is 0 Å². The fourth-order valence-corrected chi connectivity index (χ4v) is 3.35. The lowest BCUT2D eigenvalue weighted by molar-refractivity contribution is -0.130. The molecule has 1 aliphatic rings. The van der Waals surface area contributed by atoms with Crippen LogP contribution < -0.4 is 10.9 Å². The second-order valence-electron chi connectivity index (χ2n) is 5.57. The van der Waals surface area contributed by atoms with E-state index in [1.807, 2.05) is 30.3 Å². The van der Waals surface area contributed by atoms with E-state index in [2.05, 4.69) is 10.9 Å². The smallest absolute Gasteiger partial charge is 0.279 e. The molecule has 0 spiro atoms. The number of nitrogens with zero attached hydrogens (tertiary/aromatic N) is 1. The molecule has 0 saturated carbocycles. The predicted octanol–water partition coefficient (Wildman–Crippen LogP) is 2.47. The highest BCUT2D eigenvalue weighted by Gasteiger charge is 2.28. The molecule has 3 rings (SSSR count). The van der Waals surface area contributed by atoms with Crippen molar-refractivity contribution in [1.29, 1.82) is 0 Å². The number of carbonyl (C=O) groups excluding carboxylic acids is 3. The molecule has 6 nitrogen and oxygen atoms in total. The van der Waals surface area contributed by atoms with Gasteiger partial charge in [-0.1, -0.05) is 30.3 Å². The van der Waals surface area contributed by atoms with E-state index >= 15 is 0 Å². The van der Waals surface area contributed by atoms with Crippen LogP contribution in [0.15, 0.2) is 48.0 Å². The summed E-state index contributed by atoms with van der Waals surface area (Å²) in [7, 11) is 0. The van der Waals surface area contributed by atoms with E-state index in [-0.39, 0.29) is 24.1 Å². The maximum atomic E-state index is 12.3. The van der Waals surface area contributed by atoms with Crippen LogP contribution in [-0.2, 0) is 9.59 Å². The van der Waals surface area contributed by atoms with E-state index in [0.29, 0.717) is 4.88 Å². The number of hydrazine groups is 1. The van der Waals surface area contributed by atoms with Crippen molar-refractivity contribution in [2.75, 3.05) is 0 Å². The molecule has 2 heterocycles. The minimum atomic E-state index is -0.405. The fraction of sp³-hybridized carbons (Fsp3) is 0.167. The van der Waals surface area contributed by atoms with Crippen molar-refractivity contribution in [3.63, 3.8) is 0 Å². The zero-order valence-electron chi connectivity index (χ0n) is 13.6. The molecule has 0 aliphatic carbocycles. The first-order valence-electron chi connectivity index (χ1n) is 7.75. The van der Waals surface area contributed by atoms with E-state index < -0.39 is 6.04 Å². The highest BCUT2D eigenvalue weighted by Crippen LogP contribution is 2.32. The minimum Gasteiger partial charge on any atom is -0.311 e. The number of carbonyl (C=O) groups is 3. The molecule has 0 fully saturated rings. The third-order valence-corrected chi connectivity index (χ3v) is 4.78. The molecule has 0 saturated heterocycles. The SMILES string of the molecule is CC(=O)N1C=Cc2ccccc2[C@@H]1CC(=O)NNC(=O)c1cccs1. The average Bonchev–Trinajstić information content (AvgIpc) is 3.14. The Labute approximate surface area is 149 Å². The van der Waals surface area contributed by atoms with Crippen LogP contribution >= 0.6 is 11.3 Å². The van der Waals surface area contributed by atoms with Crippen LogP contribution in [0.2, 0.25) is 0 Å². The van der Waals surface area contributed by atoms with E-state index in [1.165, 1.54) is 23.2 Å². The summed E-state index contributed by atoms with van der Waals surface area (Å²) in [4.78, 5) is 38.1. The summed E-state index contributed by atoms with van der Waals surface area (Å²) in [6.07, 6.45) is 3.59. The van der Waals surface area contributed by atoms with Crippen LogP contribution in [0.4, 0.5) is 0 Å². The monoisotopic (exact) mass is 355 g/mol. The molecule has 1 atom stereocenters. The zero-order valence-corrected chi connectivity index (χ0v) is 14.4. The van der Waals surface area contributed by atoms with E-state index in [1.54, 1.807) is 23.7 Å². The minimum absolute atomic E-state index is 0.0473. The summed E-state index contributed by atoms with van der Waals surface area (Å²) < 4.78 is 0. The first kappa shape index (κ1) is 16.9. The standard InChI is InChI=1S/C18H17N3O3S/c1-12(22)21-9-8-13-5-2-3-6-14(13)15(21)11-17(23)19-20-18(24)16-7-4-10-25-16/h2-10,15H,11H2,1H3,(H,19,23)(H,20,24)/t15-/m0/s1. The van der Waals surface area contributed by atoms with Gasteiger partial charge in [0.2, 0.25) is 11.8 Å². The molecular weight excluding hydrogens is 338 g/mol. The first-order valence-corrected chi connectivity index (χ1v) is 8.63. The van der Waals surface area contributed by atoms with Crippen LogP contribution in [0, 0.1) is 0 Å². The molecule has 3 amide bonds. The fourth-order valence-electron chi connectivity index (χ4n) is 2.74. The van der Waals surface area contributed by atoms with Crippen molar-refractivity contribution < 1.29 is 14.4 Å². The Kier molecular flexibility index (Phi) is 4.95. The Morgan fingerprint density at radius 3 is 2.64 bits per heavy atom. The molecule has 1 aromatic heterocycles. The first-order chi connectivity index (χ1) is 12.1. The van der Waals surface area contributed by atoms with Crippen molar-refractivity contribution in [3.05, 3.63) is 64.0 Å². The lowest BCUT2D eigenvalue weighted by Gasteiger charge is -2.32. The summed E-state index contributed by atoms with van der Waals surface area (Å²) in [5.74, 6) is -0.881. The summed E-state index contributed by atoms with van der Waals surface area (Å²) in [6.45, 7) is 1.46. The molecular formula is C18H17N3O3S. The highest BCUT2D eigenvalue weighted by molar-refractivity contribution is 7.12. The molecule has 1 aromatic carbocycles. The second-order valence-corrected chi connectivity index (χ2v) is 6.52. The number of hydrogen-bond donors (Lipinski definition) is 2. The molecule has 0 bridgehead atoms. The van der Waals surface area contributed by atoms with Crippen molar-refractivity contribution >= 4 is 35.1 Å². The van der Waals surface area contributed by atoms with Crippen molar-refractivity contribution in [2.24, 2.45) is 0 Å². The second kappa shape index (κ2) is 7.31. The van der Waals surface area contributed by atoms with Gasteiger partial charge in [0.1, 0.15) is 0 Å². The maximum absolute atomic E-state index is 12.3. The molecule has 128 valence electrons. The molecule has 0 unspecified atom stereocenters. The Morgan fingerprint density at radius 1 is 1.12 bits per heavy atom. The Hall–Kier alpha value is -2.93. The third kappa shape index (κ3) is 3.77. The third-order valence-electron chi connectivity index (χ3n) is 3.91. The summed E-state index contributed by atoms with van der Waals surface area (Å²) in [6, 6.07) is 10.6. The van der Waals surface area contributed by atoms with Crippen LogP contribution in [-0.4, -0.2) is 22.6 Å². The highest BCUT2D eigenvalue weighted by atomic mass is 32.1. The average molecular weight is 355 g/mol. The number of benzene rings is 1. The lowest BCUT2D eigenvalue weighted by atomic mass is 9.93. The number of thiophene rings is 1. The number of fused-ring (bicyclic) bond motifs is 1. The van der Waals surface area contributed by atoms with Gasteiger partial charge in [-0.3, -0.25) is 25.2 Å². The van der Waals surface area contributed by atoms with Gasteiger partial charge in [-0.05, 0) is 28.6 Å². The summed E-state index contributed by atoms with van der Waals surface area (Å²) in [5.41, 5.74) is 6.68. The van der Waals surface area contributed by atoms with Gasteiger partial charge in [-0.25, -0.2) is 0 Å². The van der Waals surface area contributed by atoms with Crippen LogP contribution in [0.1, 0.15) is 40.2 Å². The molecule has 1 aliphatic heterocycles. The maximum Gasteiger partial charge on any atom is 0.279 e. The van der Waals surface area contributed by atoms with Gasteiger partial charge in [-0.2, -0.15) is 0 Å². The Balaban J connectivity index is 1.69. The Morgan fingerprint density at radius 2 is 1.92 bits per heavy atom. The van der Waals surface area contributed by atoms with Gasteiger partial charge in [0.05, 0.1) is 17.3 Å².